The van der Waals surface area contributed by atoms with Crippen LogP contribution in [0.2, 0.25) is 0 Å². The highest BCUT2D eigenvalue weighted by Gasteiger charge is 2.21. The zero-order chi connectivity index (χ0) is 12.3. The van der Waals surface area contributed by atoms with Crippen LogP contribution in [0.3, 0.4) is 0 Å². The lowest BCUT2D eigenvalue weighted by Crippen LogP contribution is -2.47. The highest BCUT2D eigenvalue weighted by molar-refractivity contribution is 7.73. The minimum Gasteiger partial charge on any atom is -0.345 e. The topological polar surface area (TPSA) is 58.4 Å². The van der Waals surface area contributed by atoms with Gasteiger partial charge in [0.1, 0.15) is 0 Å². The molecule has 1 aromatic heterocycles. The average Bonchev–Trinajstić information content (AvgIpc) is 2.69. The van der Waals surface area contributed by atoms with E-state index in [0.717, 1.165) is 40.8 Å². The van der Waals surface area contributed by atoms with E-state index in [1.807, 2.05) is 24.3 Å². The van der Waals surface area contributed by atoms with E-state index in [1.165, 1.54) is 0 Å². The minimum absolute atomic E-state index is 0.748. The normalized spacial score (nSPS) is 18.5. The zero-order valence-corrected chi connectivity index (χ0v) is 11.1. The van der Waals surface area contributed by atoms with Gasteiger partial charge in [0.2, 0.25) is 12.2 Å². The van der Waals surface area contributed by atoms with Crippen molar-refractivity contribution in [2.45, 2.75) is 13.0 Å². The number of aromatic amines is 1. The first-order valence-corrected chi connectivity index (χ1v) is 6.53. The van der Waals surface area contributed by atoms with E-state index in [-0.39, 0.29) is 0 Å². The third-order valence-corrected chi connectivity index (χ3v) is 3.80. The van der Waals surface area contributed by atoms with Crippen LogP contribution in [-0.2, 0) is 6.54 Å². The molecule has 1 fully saturated rings. The van der Waals surface area contributed by atoms with E-state index in [9.17, 15) is 0 Å². The van der Waals surface area contributed by atoms with Gasteiger partial charge >= 0.3 is 0 Å². The van der Waals surface area contributed by atoms with Crippen LogP contribution in [0, 0.1) is 15.4 Å². The Bertz CT molecular complexity index is 509. The monoisotopic (exact) mass is 267 g/mol. The molecular weight excluding hydrogens is 254 g/mol. The molecule has 1 N–H and O–H groups in total. The Hall–Kier alpha value is -1.39. The van der Waals surface area contributed by atoms with Gasteiger partial charge in [0.15, 0.2) is 3.95 Å². The van der Waals surface area contributed by atoms with Crippen LogP contribution < -0.4 is 0 Å². The molecule has 1 saturated heterocycles. The van der Waals surface area contributed by atoms with Crippen LogP contribution >= 0.6 is 23.6 Å². The molecule has 0 bridgehead atoms. The first-order valence-electron chi connectivity index (χ1n) is 5.31. The molecule has 1 aromatic rings. The molecule has 2 heterocycles. The van der Waals surface area contributed by atoms with Crippen molar-refractivity contribution < 1.29 is 0 Å². The Morgan fingerprint density at radius 2 is 2.47 bits per heavy atom. The molecule has 5 nitrogen and oxygen atoms in total. The van der Waals surface area contributed by atoms with Crippen LogP contribution in [0.4, 0.5) is 0 Å². The highest BCUT2D eigenvalue weighted by atomic mass is 32.1. The smallest absolute Gasteiger partial charge is 0.212 e. The molecule has 1 aliphatic heterocycles. The van der Waals surface area contributed by atoms with E-state index in [2.05, 4.69) is 14.9 Å². The van der Waals surface area contributed by atoms with Crippen molar-refractivity contribution in [3.63, 3.8) is 0 Å². The third-order valence-electron chi connectivity index (χ3n) is 2.62. The van der Waals surface area contributed by atoms with Crippen molar-refractivity contribution in [1.29, 1.82) is 5.26 Å². The molecule has 0 unspecified atom stereocenters. The number of aliphatic imine (C=N–C) groups is 1. The summed E-state index contributed by atoms with van der Waals surface area (Å²) in [6.07, 6.45) is 4.87. The SMILES string of the molecule is CN1CCCN(Cc2c[nH]c(=S)s2)C1=NC#N. The van der Waals surface area contributed by atoms with E-state index >= 15 is 0 Å². The summed E-state index contributed by atoms with van der Waals surface area (Å²) < 4.78 is 0.782. The summed E-state index contributed by atoms with van der Waals surface area (Å²) in [4.78, 5) is 12.2. The second-order valence-corrected chi connectivity index (χ2v) is 5.66. The maximum absolute atomic E-state index is 8.71. The molecule has 0 atom stereocenters. The molecule has 0 spiro atoms. The number of H-pyrrole nitrogens is 1. The third kappa shape index (κ3) is 2.84. The van der Waals surface area contributed by atoms with Gasteiger partial charge in [0, 0.05) is 31.2 Å². The fraction of sp³-hybridized carbons (Fsp3) is 0.500. The van der Waals surface area contributed by atoms with Gasteiger partial charge in [-0.05, 0) is 18.6 Å². The highest BCUT2D eigenvalue weighted by Crippen LogP contribution is 2.15. The number of aromatic nitrogens is 1. The number of rotatable bonds is 2. The van der Waals surface area contributed by atoms with Crippen LogP contribution in [0.25, 0.3) is 0 Å². The second-order valence-electron chi connectivity index (χ2n) is 3.85. The van der Waals surface area contributed by atoms with Crippen LogP contribution in [0.5, 0.6) is 0 Å². The van der Waals surface area contributed by atoms with Gasteiger partial charge in [0.05, 0.1) is 6.54 Å². The minimum atomic E-state index is 0.748. The lowest BCUT2D eigenvalue weighted by atomic mass is 10.3. The summed E-state index contributed by atoms with van der Waals surface area (Å²) in [6.45, 7) is 2.62. The Balaban J connectivity index is 2.16. The largest absolute Gasteiger partial charge is 0.345 e. The van der Waals surface area contributed by atoms with Crippen molar-refractivity contribution in [2.75, 3.05) is 20.1 Å². The fourth-order valence-corrected chi connectivity index (χ4v) is 2.95. The van der Waals surface area contributed by atoms with E-state index in [1.54, 1.807) is 11.3 Å². The van der Waals surface area contributed by atoms with Gasteiger partial charge < -0.3 is 14.8 Å². The maximum atomic E-state index is 8.71. The van der Waals surface area contributed by atoms with E-state index in [4.69, 9.17) is 17.5 Å². The number of nitriles is 1. The summed E-state index contributed by atoms with van der Waals surface area (Å²) in [5.41, 5.74) is 0. The van der Waals surface area contributed by atoms with Crippen molar-refractivity contribution in [3.05, 3.63) is 15.0 Å². The van der Waals surface area contributed by atoms with Crippen molar-refractivity contribution in [1.82, 2.24) is 14.8 Å². The van der Waals surface area contributed by atoms with Crippen molar-refractivity contribution in [3.8, 4) is 6.19 Å². The standard InChI is InChI=1S/C10H13N5S2/c1-14-3-2-4-15(9(14)13-7-11)6-8-5-12-10(16)17-8/h5H,2-4,6H2,1H3,(H,12,16). The van der Waals surface area contributed by atoms with Crippen molar-refractivity contribution in [2.24, 2.45) is 4.99 Å². The molecule has 17 heavy (non-hydrogen) atoms. The fourth-order valence-electron chi connectivity index (χ4n) is 1.87. The molecule has 0 amide bonds. The molecular formula is C10H13N5S2. The molecule has 0 aliphatic carbocycles. The Morgan fingerprint density at radius 3 is 3.12 bits per heavy atom. The molecule has 7 heteroatoms. The van der Waals surface area contributed by atoms with Crippen LogP contribution in [0.15, 0.2) is 11.2 Å². The Kier molecular flexibility index (Phi) is 3.76. The summed E-state index contributed by atoms with van der Waals surface area (Å²) >= 11 is 6.62. The van der Waals surface area contributed by atoms with Gasteiger partial charge in [-0.15, -0.1) is 16.3 Å². The Labute approximate surface area is 109 Å². The quantitative estimate of drug-likeness (QED) is 0.655. The van der Waals surface area contributed by atoms with Crippen LogP contribution in [-0.4, -0.2) is 40.9 Å². The van der Waals surface area contributed by atoms with Crippen molar-refractivity contribution >= 4 is 29.5 Å². The summed E-state index contributed by atoms with van der Waals surface area (Å²) in [7, 11) is 1.96. The Morgan fingerprint density at radius 1 is 1.65 bits per heavy atom. The molecule has 0 aromatic carbocycles. The van der Waals surface area contributed by atoms with E-state index < -0.39 is 0 Å². The number of hydrogen-bond donors (Lipinski definition) is 1. The van der Waals surface area contributed by atoms with Gasteiger partial charge in [-0.2, -0.15) is 5.26 Å². The van der Waals surface area contributed by atoms with Gasteiger partial charge in [-0.1, -0.05) is 0 Å². The van der Waals surface area contributed by atoms with Crippen LogP contribution in [0.1, 0.15) is 11.3 Å². The number of nitrogens with one attached hydrogen (secondary N) is 1. The number of nitrogens with zero attached hydrogens (tertiary/aromatic N) is 4. The first-order chi connectivity index (χ1) is 8.20. The first kappa shape index (κ1) is 12.1. The van der Waals surface area contributed by atoms with Gasteiger partial charge in [-0.25, -0.2) is 0 Å². The molecule has 90 valence electrons. The lowest BCUT2D eigenvalue weighted by Gasteiger charge is -2.35. The number of guanidine groups is 1. The molecule has 0 radical (unpaired) electrons. The molecule has 2 rings (SSSR count). The summed E-state index contributed by atoms with van der Waals surface area (Å²) in [5.74, 6) is 0.748. The zero-order valence-electron chi connectivity index (χ0n) is 9.51. The summed E-state index contributed by atoms with van der Waals surface area (Å²) in [5, 5.41) is 8.71. The predicted molar refractivity (Wildman–Crippen MR) is 70.2 cm³/mol. The molecule has 1 aliphatic rings. The van der Waals surface area contributed by atoms with Gasteiger partial charge in [-0.3, -0.25) is 0 Å². The number of hydrogen-bond acceptors (Lipinski definition) is 4. The lowest BCUT2D eigenvalue weighted by molar-refractivity contribution is 0.280. The predicted octanol–water partition coefficient (Wildman–Crippen LogP) is 1.78. The summed E-state index contributed by atoms with van der Waals surface area (Å²) in [6, 6.07) is 0. The number of thiazole rings is 1. The molecule has 0 saturated carbocycles. The van der Waals surface area contributed by atoms with E-state index in [0.29, 0.717) is 0 Å². The average molecular weight is 267 g/mol. The van der Waals surface area contributed by atoms with Gasteiger partial charge in [0.25, 0.3) is 0 Å². The maximum Gasteiger partial charge on any atom is 0.212 e. The second kappa shape index (κ2) is 5.29.